The predicted octanol–water partition coefficient (Wildman–Crippen LogP) is 2.58. The van der Waals surface area contributed by atoms with Gasteiger partial charge in [0, 0.05) is 23.6 Å². The third-order valence-corrected chi connectivity index (χ3v) is 4.70. The van der Waals surface area contributed by atoms with E-state index in [1.807, 2.05) is 0 Å². The molecule has 0 aliphatic heterocycles. The molecule has 8 heteroatoms. The van der Waals surface area contributed by atoms with Gasteiger partial charge < -0.3 is 10.1 Å². The molecule has 2 aromatic carbocycles. The lowest BCUT2D eigenvalue weighted by Crippen LogP contribution is -2.13. The number of imidazole rings is 1. The van der Waals surface area contributed by atoms with Gasteiger partial charge in [-0.3, -0.25) is 4.72 Å². The van der Waals surface area contributed by atoms with Gasteiger partial charge in [-0.05, 0) is 36.4 Å². The molecule has 0 radical (unpaired) electrons. The third kappa shape index (κ3) is 3.28. The van der Waals surface area contributed by atoms with Gasteiger partial charge >= 0.3 is 5.97 Å². The summed E-state index contributed by atoms with van der Waals surface area (Å²) in [6.45, 7) is 0. The fraction of sp³-hybridized carbons (Fsp3) is 0. The lowest BCUT2D eigenvalue weighted by Gasteiger charge is -2.09. The highest BCUT2D eigenvalue weighted by atomic mass is 32.2. The molecule has 3 rings (SSSR count). The van der Waals surface area contributed by atoms with Crippen molar-refractivity contribution in [3.8, 4) is 11.4 Å². The molecule has 0 saturated carbocycles. The maximum absolute atomic E-state index is 12.4. The van der Waals surface area contributed by atoms with Gasteiger partial charge in [0.05, 0.1) is 10.5 Å². The van der Waals surface area contributed by atoms with Crippen LogP contribution < -0.4 is 4.72 Å². The fourth-order valence-electron chi connectivity index (χ4n) is 2.14. The Morgan fingerprint density at radius 3 is 2.50 bits per heavy atom. The number of hydrogen-bond acceptors (Lipinski definition) is 4. The third-order valence-electron chi connectivity index (χ3n) is 3.30. The minimum atomic E-state index is -3.81. The molecule has 0 saturated heterocycles. The van der Waals surface area contributed by atoms with Crippen LogP contribution in [0, 0.1) is 0 Å². The van der Waals surface area contributed by atoms with E-state index in [9.17, 15) is 13.2 Å². The van der Waals surface area contributed by atoms with Crippen LogP contribution >= 0.6 is 0 Å². The minimum Gasteiger partial charge on any atom is -0.478 e. The van der Waals surface area contributed by atoms with Crippen LogP contribution in [0.25, 0.3) is 11.4 Å². The first kappa shape index (κ1) is 15.8. The molecule has 0 unspecified atom stereocenters. The number of aromatic nitrogens is 2. The summed E-state index contributed by atoms with van der Waals surface area (Å²) in [7, 11) is -3.81. The average Bonchev–Trinajstić information content (AvgIpc) is 3.09. The Balaban J connectivity index is 1.87. The van der Waals surface area contributed by atoms with Gasteiger partial charge in [0.25, 0.3) is 10.0 Å². The van der Waals surface area contributed by atoms with Crippen molar-refractivity contribution in [2.75, 3.05) is 4.72 Å². The number of hydrogen-bond donors (Lipinski definition) is 3. The number of carboxylic acids is 1. The van der Waals surface area contributed by atoms with E-state index in [4.69, 9.17) is 5.11 Å². The highest BCUT2D eigenvalue weighted by molar-refractivity contribution is 7.92. The van der Waals surface area contributed by atoms with Crippen LogP contribution in [0.1, 0.15) is 10.4 Å². The molecule has 0 fully saturated rings. The van der Waals surface area contributed by atoms with E-state index in [0.29, 0.717) is 11.5 Å². The van der Waals surface area contributed by atoms with Gasteiger partial charge in [0.1, 0.15) is 5.82 Å². The largest absolute Gasteiger partial charge is 0.478 e. The molecule has 0 bridgehead atoms. The van der Waals surface area contributed by atoms with E-state index in [-0.39, 0.29) is 10.5 Å². The van der Waals surface area contributed by atoms with Crippen LogP contribution in [0.2, 0.25) is 0 Å². The summed E-state index contributed by atoms with van der Waals surface area (Å²) in [5, 5.41) is 8.86. The number of nitrogens with one attached hydrogen (secondary N) is 2. The van der Waals surface area contributed by atoms with Crippen LogP contribution in [0.5, 0.6) is 0 Å². The Morgan fingerprint density at radius 2 is 1.88 bits per heavy atom. The van der Waals surface area contributed by atoms with Crippen molar-refractivity contribution in [3.63, 3.8) is 0 Å². The number of H-pyrrole nitrogens is 1. The first-order valence-corrected chi connectivity index (χ1v) is 8.40. The zero-order valence-corrected chi connectivity index (χ0v) is 13.1. The molecule has 7 nitrogen and oxygen atoms in total. The zero-order chi connectivity index (χ0) is 17.2. The summed E-state index contributed by atoms with van der Waals surface area (Å²) in [5.41, 5.74) is 1.14. The van der Waals surface area contributed by atoms with Crippen molar-refractivity contribution in [2.24, 2.45) is 0 Å². The zero-order valence-electron chi connectivity index (χ0n) is 12.3. The lowest BCUT2D eigenvalue weighted by atomic mass is 10.2. The van der Waals surface area contributed by atoms with Crippen molar-refractivity contribution in [1.29, 1.82) is 0 Å². The first-order valence-electron chi connectivity index (χ1n) is 6.92. The Bertz CT molecular complexity index is 965. The van der Waals surface area contributed by atoms with Crippen molar-refractivity contribution in [1.82, 2.24) is 9.97 Å². The SMILES string of the molecule is O=C(O)c1ccc(S(=O)(=O)Nc2cccc(-c3ncc[nH]3)c2)cc1. The van der Waals surface area contributed by atoms with Crippen LogP contribution in [0.4, 0.5) is 5.69 Å². The molecule has 0 spiro atoms. The Morgan fingerprint density at radius 1 is 1.12 bits per heavy atom. The highest BCUT2D eigenvalue weighted by Crippen LogP contribution is 2.22. The summed E-state index contributed by atoms with van der Waals surface area (Å²) in [6.07, 6.45) is 3.28. The smallest absolute Gasteiger partial charge is 0.335 e. The number of anilines is 1. The van der Waals surface area contributed by atoms with Gasteiger partial charge in [-0.1, -0.05) is 12.1 Å². The molecule has 3 aromatic rings. The summed E-state index contributed by atoms with van der Waals surface area (Å²) in [6, 6.07) is 11.8. The second-order valence-corrected chi connectivity index (χ2v) is 6.64. The van der Waals surface area contributed by atoms with E-state index in [2.05, 4.69) is 14.7 Å². The lowest BCUT2D eigenvalue weighted by molar-refractivity contribution is 0.0696. The van der Waals surface area contributed by atoms with E-state index in [1.54, 1.807) is 36.7 Å². The van der Waals surface area contributed by atoms with Gasteiger partial charge in [0.2, 0.25) is 0 Å². The first-order chi connectivity index (χ1) is 11.5. The molecule has 3 N–H and O–H groups in total. The normalized spacial score (nSPS) is 11.2. The van der Waals surface area contributed by atoms with E-state index in [0.717, 1.165) is 5.56 Å². The number of carbonyl (C=O) groups is 1. The molecule has 24 heavy (non-hydrogen) atoms. The van der Waals surface area contributed by atoms with Gasteiger partial charge in [-0.25, -0.2) is 18.2 Å². The van der Waals surface area contributed by atoms with E-state index in [1.165, 1.54) is 24.3 Å². The van der Waals surface area contributed by atoms with Gasteiger partial charge in [0.15, 0.2) is 0 Å². The molecule has 0 atom stereocenters. The monoisotopic (exact) mass is 343 g/mol. The number of benzene rings is 2. The second-order valence-electron chi connectivity index (χ2n) is 4.95. The molecule has 1 aromatic heterocycles. The molecular formula is C16H13N3O4S. The average molecular weight is 343 g/mol. The molecular weight excluding hydrogens is 330 g/mol. The molecule has 0 aliphatic carbocycles. The van der Waals surface area contributed by atoms with Gasteiger partial charge in [-0.2, -0.15) is 0 Å². The topological polar surface area (TPSA) is 112 Å². The second kappa shape index (κ2) is 6.17. The van der Waals surface area contributed by atoms with Gasteiger partial charge in [-0.15, -0.1) is 0 Å². The molecule has 0 amide bonds. The maximum Gasteiger partial charge on any atom is 0.335 e. The van der Waals surface area contributed by atoms with Crippen LogP contribution in [0.15, 0.2) is 65.8 Å². The quantitative estimate of drug-likeness (QED) is 0.659. The van der Waals surface area contributed by atoms with E-state index >= 15 is 0 Å². The summed E-state index contributed by atoms with van der Waals surface area (Å²) >= 11 is 0. The summed E-state index contributed by atoms with van der Waals surface area (Å²) in [5.74, 6) is -0.486. The number of aromatic carboxylic acids is 1. The molecule has 122 valence electrons. The highest BCUT2D eigenvalue weighted by Gasteiger charge is 2.15. The fourth-order valence-corrected chi connectivity index (χ4v) is 3.19. The van der Waals surface area contributed by atoms with Crippen LogP contribution in [-0.4, -0.2) is 29.5 Å². The maximum atomic E-state index is 12.4. The summed E-state index contributed by atoms with van der Waals surface area (Å²) in [4.78, 5) is 17.9. The Hall–Kier alpha value is -3.13. The van der Waals surface area contributed by atoms with Crippen LogP contribution in [0.3, 0.4) is 0 Å². The number of aromatic amines is 1. The molecule has 1 heterocycles. The van der Waals surface area contributed by atoms with E-state index < -0.39 is 16.0 Å². The van der Waals surface area contributed by atoms with Crippen molar-refractivity contribution in [2.45, 2.75) is 4.90 Å². The number of sulfonamides is 1. The summed E-state index contributed by atoms with van der Waals surface area (Å²) < 4.78 is 27.3. The number of carboxylic acid groups (broad SMARTS) is 1. The minimum absolute atomic E-state index is 0.0177. The van der Waals surface area contributed by atoms with Crippen molar-refractivity contribution >= 4 is 21.7 Å². The van der Waals surface area contributed by atoms with Crippen molar-refractivity contribution in [3.05, 3.63) is 66.5 Å². The predicted molar refractivity (Wildman–Crippen MR) is 88.2 cm³/mol. The van der Waals surface area contributed by atoms with Crippen LogP contribution in [-0.2, 0) is 10.0 Å². The number of nitrogens with zero attached hydrogens (tertiary/aromatic N) is 1. The van der Waals surface area contributed by atoms with Crippen molar-refractivity contribution < 1.29 is 18.3 Å². The molecule has 0 aliphatic rings. The standard InChI is InChI=1S/C16H13N3O4S/c20-16(21)11-4-6-14(7-5-11)24(22,23)19-13-3-1-2-12(10-13)15-17-8-9-18-15/h1-10,19H,(H,17,18)(H,20,21). The Kier molecular flexibility index (Phi) is 4.05. The number of rotatable bonds is 5. The Labute approximate surface area is 138 Å².